The first-order valence-corrected chi connectivity index (χ1v) is 5.34. The quantitative estimate of drug-likeness (QED) is 0.753. The zero-order valence-corrected chi connectivity index (χ0v) is 9.56. The lowest BCUT2D eigenvalue weighted by Gasteiger charge is -2.25. The normalized spacial score (nSPS) is 29.3. The van der Waals surface area contributed by atoms with Crippen molar-refractivity contribution in [3.63, 3.8) is 0 Å². The van der Waals surface area contributed by atoms with Gasteiger partial charge in [-0.15, -0.1) is 0 Å². The number of ether oxygens (including phenoxy) is 1. The SMILES string of the molecule is Cc1ccncc1C(=O)C1(C)COCC1N. The Morgan fingerprint density at radius 1 is 1.69 bits per heavy atom. The number of nitrogens with two attached hydrogens (primary N) is 1. The molecule has 1 aromatic rings. The lowest BCUT2D eigenvalue weighted by atomic mass is 9.78. The molecule has 4 nitrogen and oxygen atoms in total. The topological polar surface area (TPSA) is 65.2 Å². The first kappa shape index (κ1) is 11.2. The molecule has 1 aliphatic heterocycles. The second-order valence-electron chi connectivity index (χ2n) is 4.56. The third-order valence-corrected chi connectivity index (χ3v) is 3.32. The van der Waals surface area contributed by atoms with Crippen LogP contribution >= 0.6 is 0 Å². The molecule has 0 aromatic carbocycles. The van der Waals surface area contributed by atoms with Gasteiger partial charge in [-0.25, -0.2) is 0 Å². The fourth-order valence-corrected chi connectivity index (χ4v) is 1.93. The Morgan fingerprint density at radius 2 is 2.44 bits per heavy atom. The summed E-state index contributed by atoms with van der Waals surface area (Å²) in [5.74, 6) is 0.0306. The fraction of sp³-hybridized carbons (Fsp3) is 0.500. The first-order chi connectivity index (χ1) is 7.55. The van der Waals surface area contributed by atoms with E-state index in [1.54, 1.807) is 12.4 Å². The van der Waals surface area contributed by atoms with E-state index in [0.717, 1.165) is 5.56 Å². The lowest BCUT2D eigenvalue weighted by Crippen LogP contribution is -2.44. The summed E-state index contributed by atoms with van der Waals surface area (Å²) < 4.78 is 5.29. The van der Waals surface area contributed by atoms with Crippen molar-refractivity contribution < 1.29 is 9.53 Å². The number of aromatic nitrogens is 1. The van der Waals surface area contributed by atoms with Gasteiger partial charge in [0.15, 0.2) is 5.78 Å². The van der Waals surface area contributed by atoms with E-state index in [1.807, 2.05) is 19.9 Å². The van der Waals surface area contributed by atoms with Crippen LogP contribution in [0.3, 0.4) is 0 Å². The summed E-state index contributed by atoms with van der Waals surface area (Å²) >= 11 is 0. The van der Waals surface area contributed by atoms with Crippen LogP contribution in [0.5, 0.6) is 0 Å². The number of pyridine rings is 1. The predicted molar refractivity (Wildman–Crippen MR) is 60.2 cm³/mol. The van der Waals surface area contributed by atoms with Gasteiger partial charge in [0, 0.05) is 24.0 Å². The zero-order chi connectivity index (χ0) is 11.8. The van der Waals surface area contributed by atoms with Crippen LogP contribution in [-0.4, -0.2) is 30.0 Å². The van der Waals surface area contributed by atoms with Crippen LogP contribution < -0.4 is 5.73 Å². The summed E-state index contributed by atoms with van der Waals surface area (Å²) in [7, 11) is 0. The number of rotatable bonds is 2. The van der Waals surface area contributed by atoms with E-state index in [-0.39, 0.29) is 11.8 Å². The highest BCUT2D eigenvalue weighted by molar-refractivity contribution is 6.02. The van der Waals surface area contributed by atoms with E-state index in [0.29, 0.717) is 18.8 Å². The molecule has 1 aliphatic rings. The maximum absolute atomic E-state index is 12.4. The maximum Gasteiger partial charge on any atom is 0.174 e. The summed E-state index contributed by atoms with van der Waals surface area (Å²) in [6.45, 7) is 4.60. The molecule has 1 fully saturated rings. The Hall–Kier alpha value is -1.26. The molecule has 2 atom stereocenters. The van der Waals surface area contributed by atoms with E-state index in [1.165, 1.54) is 0 Å². The van der Waals surface area contributed by atoms with Crippen LogP contribution in [0.4, 0.5) is 0 Å². The number of nitrogens with zero attached hydrogens (tertiary/aromatic N) is 1. The first-order valence-electron chi connectivity index (χ1n) is 5.34. The van der Waals surface area contributed by atoms with E-state index >= 15 is 0 Å². The van der Waals surface area contributed by atoms with Gasteiger partial charge in [-0.3, -0.25) is 9.78 Å². The Balaban J connectivity index is 2.36. The van der Waals surface area contributed by atoms with Gasteiger partial charge in [0.1, 0.15) is 0 Å². The maximum atomic E-state index is 12.4. The van der Waals surface area contributed by atoms with Crippen LogP contribution in [0.2, 0.25) is 0 Å². The molecule has 0 aliphatic carbocycles. The molecule has 2 N–H and O–H groups in total. The molecule has 1 saturated heterocycles. The molecule has 0 bridgehead atoms. The Labute approximate surface area is 94.8 Å². The molecule has 0 spiro atoms. The minimum absolute atomic E-state index is 0.0306. The van der Waals surface area contributed by atoms with Crippen molar-refractivity contribution >= 4 is 5.78 Å². The number of carbonyl (C=O) groups is 1. The van der Waals surface area contributed by atoms with E-state index in [2.05, 4.69) is 4.98 Å². The zero-order valence-electron chi connectivity index (χ0n) is 9.56. The van der Waals surface area contributed by atoms with Crippen LogP contribution in [-0.2, 0) is 4.74 Å². The average Bonchev–Trinajstić information content (AvgIpc) is 2.60. The smallest absolute Gasteiger partial charge is 0.174 e. The van der Waals surface area contributed by atoms with E-state index in [9.17, 15) is 4.79 Å². The number of hydrogen-bond acceptors (Lipinski definition) is 4. The largest absolute Gasteiger partial charge is 0.379 e. The molecule has 4 heteroatoms. The van der Waals surface area contributed by atoms with Crippen molar-refractivity contribution in [2.45, 2.75) is 19.9 Å². The molecule has 0 saturated carbocycles. The van der Waals surface area contributed by atoms with Crippen LogP contribution in [0.1, 0.15) is 22.8 Å². The van der Waals surface area contributed by atoms with Gasteiger partial charge in [-0.1, -0.05) is 0 Å². The summed E-state index contributed by atoms with van der Waals surface area (Å²) in [6.07, 6.45) is 3.29. The number of carbonyl (C=O) groups excluding carboxylic acids is 1. The molecule has 2 heterocycles. The third-order valence-electron chi connectivity index (χ3n) is 3.32. The summed E-state index contributed by atoms with van der Waals surface area (Å²) in [5, 5.41) is 0. The summed E-state index contributed by atoms with van der Waals surface area (Å²) in [4.78, 5) is 16.4. The van der Waals surface area contributed by atoms with Crippen LogP contribution in [0, 0.1) is 12.3 Å². The second-order valence-corrected chi connectivity index (χ2v) is 4.56. The van der Waals surface area contributed by atoms with Gasteiger partial charge in [0.25, 0.3) is 0 Å². The summed E-state index contributed by atoms with van der Waals surface area (Å²) in [5.41, 5.74) is 6.89. The van der Waals surface area contributed by atoms with Gasteiger partial charge in [-0.05, 0) is 25.5 Å². The number of aryl methyl sites for hydroxylation is 1. The Morgan fingerprint density at radius 3 is 3.00 bits per heavy atom. The molecule has 0 amide bonds. The summed E-state index contributed by atoms with van der Waals surface area (Å²) in [6, 6.07) is 1.59. The van der Waals surface area contributed by atoms with Gasteiger partial charge in [-0.2, -0.15) is 0 Å². The Kier molecular flexibility index (Phi) is 2.78. The number of ketones is 1. The molecule has 16 heavy (non-hydrogen) atoms. The minimum Gasteiger partial charge on any atom is -0.379 e. The van der Waals surface area contributed by atoms with Crippen LogP contribution in [0.15, 0.2) is 18.5 Å². The molecule has 2 rings (SSSR count). The number of hydrogen-bond donors (Lipinski definition) is 1. The number of Topliss-reactive ketones (excluding diaryl/α,β-unsaturated/α-hetero) is 1. The minimum atomic E-state index is -0.617. The lowest BCUT2D eigenvalue weighted by molar-refractivity contribution is 0.0766. The van der Waals surface area contributed by atoms with E-state index < -0.39 is 5.41 Å². The third kappa shape index (κ3) is 1.64. The second kappa shape index (κ2) is 3.96. The van der Waals surface area contributed by atoms with Gasteiger partial charge in [0.2, 0.25) is 0 Å². The molecular formula is C12H16N2O2. The standard InChI is InChI=1S/C12H16N2O2/c1-8-3-4-14-5-9(8)11(15)12(2)7-16-6-10(12)13/h3-5,10H,6-7,13H2,1-2H3. The molecular weight excluding hydrogens is 204 g/mol. The molecule has 0 radical (unpaired) electrons. The monoisotopic (exact) mass is 220 g/mol. The van der Waals surface area contributed by atoms with Gasteiger partial charge in [0.05, 0.1) is 18.6 Å². The van der Waals surface area contributed by atoms with Crippen molar-refractivity contribution in [2.24, 2.45) is 11.1 Å². The highest BCUT2D eigenvalue weighted by Gasteiger charge is 2.44. The predicted octanol–water partition coefficient (Wildman–Crippen LogP) is 0.937. The highest BCUT2D eigenvalue weighted by atomic mass is 16.5. The highest BCUT2D eigenvalue weighted by Crippen LogP contribution is 2.31. The van der Waals surface area contributed by atoms with E-state index in [4.69, 9.17) is 10.5 Å². The van der Waals surface area contributed by atoms with Crippen molar-refractivity contribution in [1.29, 1.82) is 0 Å². The molecule has 1 aromatic heterocycles. The van der Waals surface area contributed by atoms with Crippen molar-refractivity contribution in [3.05, 3.63) is 29.6 Å². The average molecular weight is 220 g/mol. The van der Waals surface area contributed by atoms with Gasteiger partial charge < -0.3 is 10.5 Å². The molecule has 86 valence electrons. The molecule has 2 unspecified atom stereocenters. The van der Waals surface area contributed by atoms with Crippen LogP contribution in [0.25, 0.3) is 0 Å². The van der Waals surface area contributed by atoms with Gasteiger partial charge >= 0.3 is 0 Å². The van der Waals surface area contributed by atoms with Crippen molar-refractivity contribution in [3.8, 4) is 0 Å². The Bertz CT molecular complexity index is 419. The van der Waals surface area contributed by atoms with Crippen molar-refractivity contribution in [2.75, 3.05) is 13.2 Å². The van der Waals surface area contributed by atoms with Crippen molar-refractivity contribution in [1.82, 2.24) is 4.98 Å². The fourth-order valence-electron chi connectivity index (χ4n) is 1.93.